The highest BCUT2D eigenvalue weighted by atomic mass is 16.5. The molecular weight excluding hydrogens is 400 g/mol. The Hall–Kier alpha value is -2.88. The van der Waals surface area contributed by atoms with E-state index in [1.54, 1.807) is 24.3 Å². The van der Waals surface area contributed by atoms with Crippen LogP contribution in [0.15, 0.2) is 48.5 Å². The Morgan fingerprint density at radius 1 is 0.594 bits per heavy atom. The van der Waals surface area contributed by atoms with E-state index >= 15 is 0 Å². The molecule has 4 nitrogen and oxygen atoms in total. The molecule has 2 aromatic rings. The third kappa shape index (κ3) is 9.51. The Morgan fingerprint density at radius 2 is 0.969 bits per heavy atom. The van der Waals surface area contributed by atoms with Gasteiger partial charge in [0, 0.05) is 0 Å². The van der Waals surface area contributed by atoms with Crippen LogP contribution in [0.4, 0.5) is 0 Å². The van der Waals surface area contributed by atoms with E-state index in [2.05, 4.69) is 13.8 Å². The van der Waals surface area contributed by atoms with Gasteiger partial charge in [0.05, 0.1) is 24.3 Å². The van der Waals surface area contributed by atoms with E-state index in [1.165, 1.54) is 25.7 Å². The van der Waals surface area contributed by atoms with Gasteiger partial charge in [0.1, 0.15) is 0 Å². The number of carbonyl (C=O) groups excluding carboxylic acids is 2. The molecule has 2 aromatic carbocycles. The molecule has 0 amide bonds. The molecule has 32 heavy (non-hydrogen) atoms. The summed E-state index contributed by atoms with van der Waals surface area (Å²) in [6, 6.07) is 14.7. The van der Waals surface area contributed by atoms with Crippen molar-refractivity contribution < 1.29 is 19.1 Å². The largest absolute Gasteiger partial charge is 0.462 e. The molecule has 0 bridgehead atoms. The number of hydrogen-bond acceptors (Lipinski definition) is 4. The van der Waals surface area contributed by atoms with Gasteiger partial charge < -0.3 is 9.47 Å². The van der Waals surface area contributed by atoms with Crippen LogP contribution in [0.25, 0.3) is 12.2 Å². The molecule has 0 aliphatic carbocycles. The van der Waals surface area contributed by atoms with Gasteiger partial charge in [-0.3, -0.25) is 0 Å². The van der Waals surface area contributed by atoms with Crippen molar-refractivity contribution in [3.05, 3.63) is 70.8 Å². The molecule has 4 heteroatoms. The van der Waals surface area contributed by atoms with Crippen molar-refractivity contribution in [3.8, 4) is 0 Å². The molecule has 0 N–H and O–H groups in total. The summed E-state index contributed by atoms with van der Waals surface area (Å²) in [5.74, 6) is -0.547. The number of benzene rings is 2. The summed E-state index contributed by atoms with van der Waals surface area (Å²) in [7, 11) is 0. The van der Waals surface area contributed by atoms with Crippen molar-refractivity contribution in [1.82, 2.24) is 0 Å². The first-order valence-electron chi connectivity index (χ1n) is 11.9. The average Bonchev–Trinajstić information content (AvgIpc) is 2.83. The maximum absolute atomic E-state index is 12.1. The molecular formula is C28H36O4. The van der Waals surface area contributed by atoms with Gasteiger partial charge in [0.15, 0.2) is 0 Å². The summed E-state index contributed by atoms with van der Waals surface area (Å²) in [6.07, 6.45) is 12.6. The summed E-state index contributed by atoms with van der Waals surface area (Å²) in [5, 5.41) is 0. The first-order chi connectivity index (χ1) is 15.6. The van der Waals surface area contributed by atoms with E-state index in [-0.39, 0.29) is 11.9 Å². The fourth-order valence-corrected chi connectivity index (χ4v) is 3.21. The zero-order chi connectivity index (χ0) is 23.0. The molecule has 0 unspecified atom stereocenters. The highest BCUT2D eigenvalue weighted by Crippen LogP contribution is 2.13. The number of carbonyl (C=O) groups is 2. The Balaban J connectivity index is 1.80. The minimum Gasteiger partial charge on any atom is -0.462 e. The molecule has 0 saturated carbocycles. The second-order valence-corrected chi connectivity index (χ2v) is 7.97. The van der Waals surface area contributed by atoms with Crippen LogP contribution in [-0.4, -0.2) is 25.2 Å². The Bertz CT molecular complexity index is 763. The molecule has 0 saturated heterocycles. The summed E-state index contributed by atoms with van der Waals surface area (Å²) in [5.41, 5.74) is 3.10. The minimum atomic E-state index is -0.273. The molecule has 0 spiro atoms. The highest BCUT2D eigenvalue weighted by Gasteiger charge is 2.07. The fraction of sp³-hybridized carbons (Fsp3) is 0.429. The maximum Gasteiger partial charge on any atom is 0.338 e. The van der Waals surface area contributed by atoms with Crippen LogP contribution in [0.1, 0.15) is 97.1 Å². The monoisotopic (exact) mass is 436 g/mol. The van der Waals surface area contributed by atoms with Crippen molar-refractivity contribution in [2.45, 2.75) is 65.2 Å². The molecule has 0 aliphatic rings. The number of ether oxygens (including phenoxy) is 2. The normalized spacial score (nSPS) is 10.9. The first kappa shape index (κ1) is 25.4. The minimum absolute atomic E-state index is 0.273. The van der Waals surface area contributed by atoms with Crippen molar-refractivity contribution in [3.63, 3.8) is 0 Å². The average molecular weight is 437 g/mol. The Kier molecular flexibility index (Phi) is 11.9. The summed E-state index contributed by atoms with van der Waals surface area (Å²) in [6.45, 7) is 5.26. The molecule has 0 heterocycles. The number of esters is 2. The van der Waals surface area contributed by atoms with Crippen LogP contribution in [0, 0.1) is 0 Å². The summed E-state index contributed by atoms with van der Waals surface area (Å²) < 4.78 is 10.6. The lowest BCUT2D eigenvalue weighted by Crippen LogP contribution is -2.06. The van der Waals surface area contributed by atoms with Crippen LogP contribution >= 0.6 is 0 Å². The number of hydrogen-bond donors (Lipinski definition) is 0. The topological polar surface area (TPSA) is 52.6 Å². The first-order valence-corrected chi connectivity index (χ1v) is 11.9. The fourth-order valence-electron chi connectivity index (χ4n) is 3.21. The lowest BCUT2D eigenvalue weighted by molar-refractivity contribution is 0.0488. The lowest BCUT2D eigenvalue weighted by Gasteiger charge is -2.05. The van der Waals surface area contributed by atoms with Gasteiger partial charge in [-0.25, -0.2) is 9.59 Å². The second-order valence-electron chi connectivity index (χ2n) is 7.97. The molecule has 0 fully saturated rings. The van der Waals surface area contributed by atoms with Gasteiger partial charge in [-0.1, -0.05) is 88.8 Å². The van der Waals surface area contributed by atoms with E-state index in [4.69, 9.17) is 9.47 Å². The standard InChI is InChI=1S/C28H36O4/c1-3-5-7-9-21-31-27(29)25-17-13-23(14-18-25)11-12-24-15-19-26(20-16-24)28(30)32-22-10-8-6-4-2/h11-20H,3-10,21-22H2,1-2H3/b12-11+. The summed E-state index contributed by atoms with van der Waals surface area (Å²) in [4.78, 5) is 24.2. The Labute approximate surface area is 192 Å². The van der Waals surface area contributed by atoms with Crippen molar-refractivity contribution in [1.29, 1.82) is 0 Å². The predicted octanol–water partition coefficient (Wildman–Crippen LogP) is 7.33. The molecule has 0 atom stereocenters. The van der Waals surface area contributed by atoms with E-state index in [9.17, 15) is 9.59 Å². The van der Waals surface area contributed by atoms with Gasteiger partial charge in [0.25, 0.3) is 0 Å². The van der Waals surface area contributed by atoms with E-state index in [0.29, 0.717) is 24.3 Å². The van der Waals surface area contributed by atoms with Crippen LogP contribution < -0.4 is 0 Å². The predicted molar refractivity (Wildman–Crippen MR) is 131 cm³/mol. The van der Waals surface area contributed by atoms with Crippen LogP contribution in [0.3, 0.4) is 0 Å². The van der Waals surface area contributed by atoms with E-state index in [0.717, 1.165) is 36.8 Å². The van der Waals surface area contributed by atoms with Gasteiger partial charge in [-0.2, -0.15) is 0 Å². The van der Waals surface area contributed by atoms with Gasteiger partial charge in [-0.05, 0) is 48.2 Å². The molecule has 172 valence electrons. The third-order valence-electron chi connectivity index (χ3n) is 5.22. The Morgan fingerprint density at radius 3 is 1.31 bits per heavy atom. The van der Waals surface area contributed by atoms with Crippen LogP contribution in [0.2, 0.25) is 0 Å². The van der Waals surface area contributed by atoms with Gasteiger partial charge in [0.2, 0.25) is 0 Å². The quantitative estimate of drug-likeness (QED) is 0.177. The SMILES string of the molecule is CCCCCCOC(=O)c1ccc(/C=C/c2ccc(C(=O)OCCCCCC)cc2)cc1. The lowest BCUT2D eigenvalue weighted by atomic mass is 10.1. The molecule has 0 aliphatic heterocycles. The van der Waals surface area contributed by atoms with Crippen LogP contribution in [0.5, 0.6) is 0 Å². The van der Waals surface area contributed by atoms with Gasteiger partial charge in [-0.15, -0.1) is 0 Å². The molecule has 0 aromatic heterocycles. The van der Waals surface area contributed by atoms with Crippen LogP contribution in [-0.2, 0) is 9.47 Å². The zero-order valence-electron chi connectivity index (χ0n) is 19.5. The maximum atomic E-state index is 12.1. The summed E-state index contributed by atoms with van der Waals surface area (Å²) >= 11 is 0. The second kappa shape index (κ2) is 15.0. The van der Waals surface area contributed by atoms with Gasteiger partial charge >= 0.3 is 11.9 Å². The smallest absolute Gasteiger partial charge is 0.338 e. The zero-order valence-corrected chi connectivity index (χ0v) is 19.5. The number of rotatable bonds is 14. The third-order valence-corrected chi connectivity index (χ3v) is 5.22. The van der Waals surface area contributed by atoms with Crippen molar-refractivity contribution in [2.75, 3.05) is 13.2 Å². The number of unbranched alkanes of at least 4 members (excludes halogenated alkanes) is 6. The van der Waals surface area contributed by atoms with E-state index in [1.807, 2.05) is 36.4 Å². The van der Waals surface area contributed by atoms with Crippen molar-refractivity contribution in [2.24, 2.45) is 0 Å². The van der Waals surface area contributed by atoms with E-state index < -0.39 is 0 Å². The highest BCUT2D eigenvalue weighted by molar-refractivity contribution is 5.90. The van der Waals surface area contributed by atoms with Crippen molar-refractivity contribution >= 4 is 24.1 Å². The molecule has 0 radical (unpaired) electrons. The molecule has 2 rings (SSSR count).